The van der Waals surface area contributed by atoms with Gasteiger partial charge in [-0.25, -0.2) is 9.78 Å². The Balaban J connectivity index is 1.75. The van der Waals surface area contributed by atoms with Gasteiger partial charge in [-0.05, 0) is 56.9 Å². The lowest BCUT2D eigenvalue weighted by atomic mass is 10.0. The lowest BCUT2D eigenvalue weighted by Gasteiger charge is -2.30. The average Bonchev–Trinajstić information content (AvgIpc) is 2.71. The number of nitrogens with zero attached hydrogens (tertiary/aromatic N) is 4. The Kier molecular flexibility index (Phi) is 6.90. The molecule has 0 saturated carbocycles. The molecule has 3 rings (SSSR count). The Labute approximate surface area is 183 Å². The third kappa shape index (κ3) is 6.01. The molecule has 8 nitrogen and oxygen atoms in total. The van der Waals surface area contributed by atoms with E-state index in [1.165, 1.54) is 4.90 Å². The van der Waals surface area contributed by atoms with Crippen molar-refractivity contribution in [2.24, 2.45) is 0 Å². The first-order valence-electron chi connectivity index (χ1n) is 10.4. The zero-order valence-corrected chi connectivity index (χ0v) is 18.8. The van der Waals surface area contributed by atoms with Crippen LogP contribution in [0.3, 0.4) is 0 Å². The van der Waals surface area contributed by atoms with E-state index in [0.717, 1.165) is 35.1 Å². The highest BCUT2D eigenvalue weighted by Crippen LogP contribution is 2.30. The summed E-state index contributed by atoms with van der Waals surface area (Å²) in [5.74, 6) is 0.566. The van der Waals surface area contributed by atoms with Crippen LogP contribution in [-0.4, -0.2) is 59.7 Å². The molecule has 0 aliphatic carbocycles. The molecule has 0 spiro atoms. The van der Waals surface area contributed by atoms with Crippen molar-refractivity contribution in [3.8, 4) is 11.1 Å². The molecule has 0 N–H and O–H groups in total. The first-order valence-corrected chi connectivity index (χ1v) is 10.4. The van der Waals surface area contributed by atoms with Crippen molar-refractivity contribution < 1.29 is 19.1 Å². The molecule has 0 unspecified atom stereocenters. The molecule has 2 amide bonds. The van der Waals surface area contributed by atoms with E-state index in [-0.39, 0.29) is 18.6 Å². The minimum Gasteiger partial charge on any atom is -0.443 e. The van der Waals surface area contributed by atoms with Gasteiger partial charge in [0.1, 0.15) is 18.0 Å². The summed E-state index contributed by atoms with van der Waals surface area (Å²) in [7, 11) is 3.39. The largest absolute Gasteiger partial charge is 0.443 e. The van der Waals surface area contributed by atoms with Crippen LogP contribution in [0.25, 0.3) is 11.1 Å². The van der Waals surface area contributed by atoms with Crippen molar-refractivity contribution in [2.75, 3.05) is 32.1 Å². The predicted octanol–water partition coefficient (Wildman–Crippen LogP) is 3.44. The third-order valence-corrected chi connectivity index (χ3v) is 4.76. The van der Waals surface area contributed by atoms with Gasteiger partial charge in [-0.15, -0.1) is 0 Å². The molecule has 0 bridgehead atoms. The van der Waals surface area contributed by atoms with E-state index in [0.29, 0.717) is 19.0 Å². The highest BCUT2D eigenvalue weighted by Gasteiger charge is 2.28. The number of anilines is 1. The van der Waals surface area contributed by atoms with Crippen LogP contribution in [0.15, 0.2) is 30.7 Å². The molecule has 166 valence electrons. The molecule has 0 radical (unpaired) electrons. The minimum absolute atomic E-state index is 0.0259. The highest BCUT2D eigenvalue weighted by atomic mass is 16.6. The quantitative estimate of drug-likeness (QED) is 0.728. The summed E-state index contributed by atoms with van der Waals surface area (Å²) in [5.41, 5.74) is 3.15. The van der Waals surface area contributed by atoms with Gasteiger partial charge < -0.3 is 14.4 Å². The van der Waals surface area contributed by atoms with E-state index in [1.807, 2.05) is 26.8 Å². The topological polar surface area (TPSA) is 84.9 Å². The van der Waals surface area contributed by atoms with E-state index in [9.17, 15) is 9.59 Å². The molecule has 1 aliphatic rings. The smallest absolute Gasteiger partial charge is 0.416 e. The van der Waals surface area contributed by atoms with Crippen LogP contribution in [0.5, 0.6) is 0 Å². The second-order valence-electron chi connectivity index (χ2n) is 8.81. The molecule has 0 aromatic carbocycles. The minimum atomic E-state index is -0.556. The summed E-state index contributed by atoms with van der Waals surface area (Å²) in [6, 6.07) is 4.03. The van der Waals surface area contributed by atoms with Crippen LogP contribution in [0.1, 0.15) is 38.3 Å². The molecule has 0 atom stereocenters. The Morgan fingerprint density at radius 1 is 1.13 bits per heavy atom. The molecule has 2 aromatic heterocycles. The first-order chi connectivity index (χ1) is 14.6. The maximum absolute atomic E-state index is 12.6. The van der Waals surface area contributed by atoms with Crippen molar-refractivity contribution in [3.05, 3.63) is 41.9 Å². The number of pyridine rings is 2. The standard InChI is InChI=1S/C23H30N4O4/c1-23(2,3)31-22(29)27-8-6-7-17-10-19(13-25-21(17)27)18-9-16(11-24-12-18)14-30-15-20(28)26(4)5/h9-13H,6-8,14-15H2,1-5H3. The Bertz CT molecular complexity index is 953. The Morgan fingerprint density at radius 2 is 1.87 bits per heavy atom. The van der Waals surface area contributed by atoms with E-state index >= 15 is 0 Å². The Morgan fingerprint density at radius 3 is 2.58 bits per heavy atom. The first kappa shape index (κ1) is 22.7. The lowest BCUT2D eigenvalue weighted by Crippen LogP contribution is -2.40. The number of hydrogen-bond acceptors (Lipinski definition) is 6. The molecule has 2 aromatic rings. The van der Waals surface area contributed by atoms with Gasteiger partial charge in [0, 0.05) is 50.4 Å². The number of carbonyl (C=O) groups is 2. The normalized spacial score (nSPS) is 13.5. The summed E-state index contributed by atoms with van der Waals surface area (Å²) in [6.07, 6.45) is 6.56. The van der Waals surface area contributed by atoms with Gasteiger partial charge in [0.05, 0.1) is 6.61 Å². The number of hydrogen-bond donors (Lipinski definition) is 0. The van der Waals surface area contributed by atoms with E-state index in [2.05, 4.69) is 16.0 Å². The third-order valence-electron chi connectivity index (χ3n) is 4.76. The molecular weight excluding hydrogens is 396 g/mol. The summed E-state index contributed by atoms with van der Waals surface area (Å²) in [6.45, 7) is 6.48. The second kappa shape index (κ2) is 9.43. The number of fused-ring (bicyclic) bond motifs is 1. The molecule has 0 saturated heterocycles. The number of likely N-dealkylation sites (N-methyl/N-ethyl adjacent to an activating group) is 1. The summed E-state index contributed by atoms with van der Waals surface area (Å²) in [5, 5.41) is 0. The van der Waals surface area contributed by atoms with Gasteiger partial charge in [-0.3, -0.25) is 14.7 Å². The van der Waals surface area contributed by atoms with Gasteiger partial charge in [0.25, 0.3) is 0 Å². The van der Waals surface area contributed by atoms with Gasteiger partial charge in [-0.1, -0.05) is 0 Å². The average molecular weight is 427 g/mol. The van der Waals surface area contributed by atoms with E-state index < -0.39 is 5.60 Å². The Hall–Kier alpha value is -3.00. The van der Waals surface area contributed by atoms with Crippen LogP contribution in [-0.2, 0) is 27.3 Å². The SMILES string of the molecule is CN(C)C(=O)COCc1cncc(-c2cnc3c(c2)CCCN3C(=O)OC(C)(C)C)c1. The van der Waals surface area contributed by atoms with E-state index in [1.54, 1.807) is 37.6 Å². The maximum Gasteiger partial charge on any atom is 0.416 e. The zero-order chi connectivity index (χ0) is 22.6. The fourth-order valence-electron chi connectivity index (χ4n) is 3.23. The van der Waals surface area contributed by atoms with Crippen LogP contribution in [0, 0.1) is 0 Å². The van der Waals surface area contributed by atoms with Crippen LogP contribution < -0.4 is 4.90 Å². The monoisotopic (exact) mass is 426 g/mol. The van der Waals surface area contributed by atoms with Crippen molar-refractivity contribution in [3.63, 3.8) is 0 Å². The van der Waals surface area contributed by atoms with Crippen LogP contribution in [0.4, 0.5) is 10.6 Å². The van der Waals surface area contributed by atoms with Crippen molar-refractivity contribution >= 4 is 17.8 Å². The zero-order valence-electron chi connectivity index (χ0n) is 18.8. The summed E-state index contributed by atoms with van der Waals surface area (Å²) in [4.78, 5) is 36.2. The van der Waals surface area contributed by atoms with Gasteiger partial charge in [0.2, 0.25) is 5.91 Å². The van der Waals surface area contributed by atoms with Crippen molar-refractivity contribution in [1.29, 1.82) is 0 Å². The van der Waals surface area contributed by atoms with Crippen molar-refractivity contribution in [2.45, 2.75) is 45.8 Å². The number of amides is 2. The van der Waals surface area contributed by atoms with Crippen LogP contribution in [0.2, 0.25) is 0 Å². The molecule has 3 heterocycles. The molecule has 8 heteroatoms. The number of aromatic nitrogens is 2. The van der Waals surface area contributed by atoms with Gasteiger partial charge in [-0.2, -0.15) is 0 Å². The number of aryl methyl sites for hydroxylation is 1. The predicted molar refractivity (Wildman–Crippen MR) is 118 cm³/mol. The second-order valence-corrected chi connectivity index (χ2v) is 8.81. The van der Waals surface area contributed by atoms with Crippen LogP contribution >= 0.6 is 0 Å². The van der Waals surface area contributed by atoms with Gasteiger partial charge in [0.15, 0.2) is 0 Å². The maximum atomic E-state index is 12.6. The molecule has 0 fully saturated rings. The molecule has 31 heavy (non-hydrogen) atoms. The number of carbonyl (C=O) groups excluding carboxylic acids is 2. The summed E-state index contributed by atoms with van der Waals surface area (Å²) >= 11 is 0. The number of rotatable bonds is 5. The molecule has 1 aliphatic heterocycles. The molecular formula is C23H30N4O4. The lowest BCUT2D eigenvalue weighted by molar-refractivity contribution is -0.133. The fourth-order valence-corrected chi connectivity index (χ4v) is 3.23. The fraction of sp³-hybridized carbons (Fsp3) is 0.478. The van der Waals surface area contributed by atoms with Gasteiger partial charge >= 0.3 is 6.09 Å². The van der Waals surface area contributed by atoms with E-state index in [4.69, 9.17) is 9.47 Å². The summed E-state index contributed by atoms with van der Waals surface area (Å²) < 4.78 is 11.0. The number of ether oxygens (including phenoxy) is 2. The van der Waals surface area contributed by atoms with Crippen molar-refractivity contribution in [1.82, 2.24) is 14.9 Å². The highest BCUT2D eigenvalue weighted by molar-refractivity contribution is 5.88.